The summed E-state index contributed by atoms with van der Waals surface area (Å²) >= 11 is 0. The van der Waals surface area contributed by atoms with Crippen LogP contribution in [0, 0.1) is 11.6 Å². The maximum absolute atomic E-state index is 15.7. The molecule has 0 aromatic heterocycles. The maximum Gasteiger partial charge on any atom is 0.258 e. The Hall–Kier alpha value is -6.76. The topological polar surface area (TPSA) is 107 Å². The normalized spacial score (nSPS) is 12.7. The first-order valence-corrected chi connectivity index (χ1v) is 22.4. The van der Waals surface area contributed by atoms with Crippen molar-refractivity contribution in [1.29, 1.82) is 0 Å². The van der Waals surface area contributed by atoms with Crippen LogP contribution in [-0.4, -0.2) is 72.6 Å². The summed E-state index contributed by atoms with van der Waals surface area (Å²) in [5, 5.41) is 0. The van der Waals surface area contributed by atoms with Gasteiger partial charge < -0.3 is 29.6 Å². The fourth-order valence-corrected chi connectivity index (χ4v) is 8.66. The largest absolute Gasteiger partial charge is 0.493 e. The first-order valence-electron chi connectivity index (χ1n) is 22.4. The second-order valence-electron chi connectivity index (χ2n) is 16.6. The van der Waals surface area contributed by atoms with Crippen molar-refractivity contribution in [2.45, 2.75) is 64.1 Å². The number of rotatable bonds is 23. The number of primary amides is 1. The number of carbonyl (C=O) groups excluding carboxylic acids is 2. The number of hydrogen-bond donors (Lipinski definition) is 1. The number of nitrogens with zero attached hydrogens (tertiary/aromatic N) is 3. The molecule has 7 rings (SSSR count). The van der Waals surface area contributed by atoms with E-state index in [1.165, 1.54) is 24.3 Å². The van der Waals surface area contributed by atoms with Gasteiger partial charge in [0.15, 0.2) is 28.7 Å². The van der Waals surface area contributed by atoms with Gasteiger partial charge in [-0.15, -0.1) is 0 Å². The van der Waals surface area contributed by atoms with E-state index in [1.54, 1.807) is 38.5 Å². The Balaban J connectivity index is 1.25. The molecule has 1 aliphatic rings. The van der Waals surface area contributed by atoms with E-state index in [0.29, 0.717) is 86.2 Å². The van der Waals surface area contributed by atoms with E-state index in [9.17, 15) is 13.6 Å². The molecule has 1 aliphatic heterocycles. The first-order chi connectivity index (χ1) is 32.1. The number of hydrogen-bond acceptors (Lipinski definition) is 8. The molecule has 1 heterocycles. The minimum absolute atomic E-state index is 0.158. The van der Waals surface area contributed by atoms with Crippen molar-refractivity contribution in [3.63, 3.8) is 0 Å². The summed E-state index contributed by atoms with van der Waals surface area (Å²) in [5.41, 5.74) is 9.94. The van der Waals surface area contributed by atoms with Crippen molar-refractivity contribution in [1.82, 2.24) is 14.7 Å². The molecule has 12 heteroatoms. The number of amides is 2. The van der Waals surface area contributed by atoms with E-state index in [-0.39, 0.29) is 37.2 Å². The van der Waals surface area contributed by atoms with Crippen LogP contribution in [0.1, 0.15) is 52.6 Å². The van der Waals surface area contributed by atoms with E-state index < -0.39 is 11.6 Å². The molecule has 0 bridgehead atoms. The minimum atomic E-state index is -1.52. The van der Waals surface area contributed by atoms with Crippen LogP contribution < -0.4 is 24.7 Å². The maximum atomic E-state index is 15.7. The highest BCUT2D eigenvalue weighted by molar-refractivity contribution is 5.91. The molecular formula is C54H58F2N4O6. The lowest BCUT2D eigenvalue weighted by Crippen LogP contribution is -2.69. The van der Waals surface area contributed by atoms with Gasteiger partial charge in [-0.1, -0.05) is 97.1 Å². The standard InChI is InChI=1S/C54H58F2N4O6/c1-63-50-33-40(21-23-48(50)65-38-44-17-11-19-46(55)31-44)25-29-59(36-42-13-5-3-6-14-42)54(35-52(57)61,53(62)58-27-9-10-28-58)60(37-43-15-7-4-8-16-43)30-26-41-22-24-49(51(34-41)64-2)66-39-45-18-12-20-47(56)32-45/h3-8,11-24,31-34H,9-10,25-30,35-39H2,1-2H3,(H2,57,61). The van der Waals surface area contributed by atoms with Crippen LogP contribution in [0.3, 0.4) is 0 Å². The third-order valence-corrected chi connectivity index (χ3v) is 12.0. The van der Waals surface area contributed by atoms with Crippen molar-refractivity contribution < 1.29 is 37.3 Å². The second kappa shape index (κ2) is 22.9. The van der Waals surface area contributed by atoms with Gasteiger partial charge in [-0.05, 0) is 108 Å². The Bertz CT molecular complexity index is 2370. The van der Waals surface area contributed by atoms with E-state index in [2.05, 4.69) is 9.80 Å². The quantitative estimate of drug-likeness (QED) is 0.0636. The number of halogens is 2. The van der Waals surface area contributed by atoms with Crippen LogP contribution in [0.5, 0.6) is 23.0 Å². The van der Waals surface area contributed by atoms with Gasteiger partial charge >= 0.3 is 0 Å². The van der Waals surface area contributed by atoms with Crippen LogP contribution in [-0.2, 0) is 48.7 Å². The molecule has 6 aromatic rings. The van der Waals surface area contributed by atoms with Gasteiger partial charge in [0, 0.05) is 39.3 Å². The van der Waals surface area contributed by atoms with E-state index in [1.807, 2.05) is 102 Å². The van der Waals surface area contributed by atoms with Crippen molar-refractivity contribution in [2.75, 3.05) is 40.4 Å². The third-order valence-electron chi connectivity index (χ3n) is 12.0. The van der Waals surface area contributed by atoms with E-state index >= 15 is 4.79 Å². The first kappa shape index (κ1) is 47.2. The molecule has 0 unspecified atom stereocenters. The molecule has 0 aliphatic carbocycles. The van der Waals surface area contributed by atoms with Crippen LogP contribution >= 0.6 is 0 Å². The van der Waals surface area contributed by atoms with Crippen LogP contribution in [0.2, 0.25) is 0 Å². The molecule has 0 spiro atoms. The summed E-state index contributed by atoms with van der Waals surface area (Å²) in [5.74, 6) is 0.617. The Kier molecular flexibility index (Phi) is 16.4. The molecule has 0 radical (unpaired) electrons. The smallest absolute Gasteiger partial charge is 0.258 e. The average Bonchev–Trinajstić information content (AvgIpc) is 3.88. The minimum Gasteiger partial charge on any atom is -0.493 e. The predicted molar refractivity (Wildman–Crippen MR) is 251 cm³/mol. The lowest BCUT2D eigenvalue weighted by atomic mass is 9.94. The van der Waals surface area contributed by atoms with Gasteiger partial charge in [-0.25, -0.2) is 8.78 Å². The highest BCUT2D eigenvalue weighted by Crippen LogP contribution is 2.36. The molecule has 6 aromatic carbocycles. The summed E-state index contributed by atoms with van der Waals surface area (Å²) in [6, 6.07) is 43.9. The molecule has 2 N–H and O–H groups in total. The molecule has 66 heavy (non-hydrogen) atoms. The summed E-state index contributed by atoms with van der Waals surface area (Å²) in [6.07, 6.45) is 2.42. The number of nitrogens with two attached hydrogens (primary N) is 1. The number of likely N-dealkylation sites (tertiary alicyclic amines) is 1. The third kappa shape index (κ3) is 12.3. The highest BCUT2D eigenvalue weighted by Gasteiger charge is 2.52. The summed E-state index contributed by atoms with van der Waals surface area (Å²) < 4.78 is 51.6. The average molecular weight is 897 g/mol. The van der Waals surface area contributed by atoms with Crippen LogP contribution in [0.4, 0.5) is 8.78 Å². The lowest BCUT2D eigenvalue weighted by Gasteiger charge is -2.51. The van der Waals surface area contributed by atoms with Crippen molar-refractivity contribution >= 4 is 11.8 Å². The molecule has 344 valence electrons. The Labute approximate surface area is 386 Å². The van der Waals surface area contributed by atoms with Gasteiger partial charge in [0.25, 0.3) is 5.91 Å². The van der Waals surface area contributed by atoms with Gasteiger partial charge in [0.05, 0.1) is 20.6 Å². The van der Waals surface area contributed by atoms with Gasteiger partial charge in [0.2, 0.25) is 5.91 Å². The zero-order valence-electron chi connectivity index (χ0n) is 37.7. The predicted octanol–water partition coefficient (Wildman–Crippen LogP) is 9.12. The highest BCUT2D eigenvalue weighted by atomic mass is 19.1. The summed E-state index contributed by atoms with van der Waals surface area (Å²) in [7, 11) is 3.15. The second-order valence-corrected chi connectivity index (χ2v) is 16.6. The lowest BCUT2D eigenvalue weighted by molar-refractivity contribution is -0.167. The fourth-order valence-electron chi connectivity index (χ4n) is 8.66. The van der Waals surface area contributed by atoms with Gasteiger partial charge in [-0.3, -0.25) is 19.4 Å². The summed E-state index contributed by atoms with van der Waals surface area (Å²) in [6.45, 7) is 2.87. The van der Waals surface area contributed by atoms with Gasteiger partial charge in [0.1, 0.15) is 24.8 Å². The Morgan fingerprint density at radius 3 is 1.41 bits per heavy atom. The molecular weight excluding hydrogens is 839 g/mol. The van der Waals surface area contributed by atoms with E-state index in [0.717, 1.165) is 35.1 Å². The van der Waals surface area contributed by atoms with Crippen molar-refractivity contribution in [3.05, 3.63) is 191 Å². The van der Waals surface area contributed by atoms with Crippen molar-refractivity contribution in [3.8, 4) is 23.0 Å². The molecule has 10 nitrogen and oxygen atoms in total. The molecule has 0 atom stereocenters. The Morgan fingerprint density at radius 1 is 0.561 bits per heavy atom. The zero-order chi connectivity index (χ0) is 46.3. The molecule has 1 fully saturated rings. The zero-order valence-corrected chi connectivity index (χ0v) is 37.7. The van der Waals surface area contributed by atoms with Gasteiger partial charge in [-0.2, -0.15) is 0 Å². The molecule has 2 amide bonds. The number of ether oxygens (including phenoxy) is 4. The number of methoxy groups -OCH3 is 2. The fraction of sp³-hybridized carbons (Fsp3) is 0.296. The monoisotopic (exact) mass is 896 g/mol. The van der Waals surface area contributed by atoms with Crippen molar-refractivity contribution in [2.24, 2.45) is 5.73 Å². The number of carbonyl (C=O) groups is 2. The van der Waals surface area contributed by atoms with Crippen LogP contribution in [0.15, 0.2) is 146 Å². The number of benzene rings is 6. The van der Waals surface area contributed by atoms with Crippen LogP contribution in [0.25, 0.3) is 0 Å². The summed E-state index contributed by atoms with van der Waals surface area (Å²) in [4.78, 5) is 35.6. The van der Waals surface area contributed by atoms with E-state index in [4.69, 9.17) is 24.7 Å². The molecule has 0 saturated carbocycles. The Morgan fingerprint density at radius 2 is 1.00 bits per heavy atom. The SMILES string of the molecule is COc1cc(CCN(Cc2ccccc2)C(CC(N)=O)(C(=O)N2CCCC2)N(CCc2ccc(OCc3cccc(F)c3)c(OC)c2)Cc2ccccc2)ccc1OCc1cccc(F)c1. The molecule has 1 saturated heterocycles.